The molecule has 1 aromatic carbocycles. The largest absolute Gasteiger partial charge is 0.387 e. The zero-order valence-corrected chi connectivity index (χ0v) is 22.0. The third kappa shape index (κ3) is 4.65. The lowest BCUT2D eigenvalue weighted by Gasteiger charge is -2.26. The van der Waals surface area contributed by atoms with Crippen LogP contribution in [0.5, 0.6) is 0 Å². The number of nitrogens with one attached hydrogen (secondary N) is 1. The fraction of sp³-hybridized carbons (Fsp3) is 0.500. The Balaban J connectivity index is 1.39. The minimum absolute atomic E-state index is 0.0124. The number of aromatic nitrogens is 4. The number of nitrogens with zero attached hydrogens (tertiary/aromatic N) is 4. The van der Waals surface area contributed by atoms with Crippen LogP contribution in [0.15, 0.2) is 30.5 Å². The van der Waals surface area contributed by atoms with E-state index in [9.17, 15) is 24.6 Å². The van der Waals surface area contributed by atoms with Crippen LogP contribution in [0.4, 0.5) is 5.82 Å². The molecule has 3 heterocycles. The number of aliphatic hydroxyl groups is 2. The van der Waals surface area contributed by atoms with E-state index < -0.39 is 36.6 Å². The summed E-state index contributed by atoms with van der Waals surface area (Å²) >= 11 is 7.21. The molecule has 5 N–H and O–H groups in total. The van der Waals surface area contributed by atoms with E-state index in [4.69, 9.17) is 16.3 Å². The number of aryl methyl sites for hydroxylation is 1. The molecule has 1 fully saturated rings. The predicted molar refractivity (Wildman–Crippen MR) is 136 cm³/mol. The van der Waals surface area contributed by atoms with Gasteiger partial charge in [0.05, 0.1) is 23.7 Å². The van der Waals surface area contributed by atoms with Crippen LogP contribution in [0, 0.1) is 0 Å². The van der Waals surface area contributed by atoms with Crippen LogP contribution < -0.4 is 5.32 Å². The van der Waals surface area contributed by atoms with Gasteiger partial charge in [-0.15, -0.1) is 11.8 Å². The summed E-state index contributed by atoms with van der Waals surface area (Å²) in [5.74, 6) is 0.553. The molecule has 1 aliphatic heterocycles. The Bertz CT molecular complexity index is 1340. The molecular weight excluding hydrogens is 529 g/mol. The maximum atomic E-state index is 11.7. The molecule has 14 heteroatoms. The topological polar surface area (TPSA) is 163 Å². The van der Waals surface area contributed by atoms with E-state index in [0.29, 0.717) is 16.9 Å². The first-order valence-electron chi connectivity index (χ1n) is 11.4. The van der Waals surface area contributed by atoms with Crippen LogP contribution in [0.1, 0.15) is 43.7 Å². The highest BCUT2D eigenvalue weighted by molar-refractivity contribution is 8.06. The van der Waals surface area contributed by atoms with Crippen LogP contribution >= 0.6 is 31.0 Å². The molecule has 36 heavy (non-hydrogen) atoms. The number of rotatable bonds is 7. The summed E-state index contributed by atoms with van der Waals surface area (Å²) in [5, 5.41) is 29.7. The van der Waals surface area contributed by atoms with E-state index in [1.807, 2.05) is 12.1 Å². The maximum Gasteiger partial charge on any atom is 0.340 e. The predicted octanol–water partition coefficient (Wildman–Crippen LogP) is 2.85. The number of hydrogen-bond acceptors (Lipinski definition) is 9. The molecule has 0 saturated carbocycles. The van der Waals surface area contributed by atoms with Crippen LogP contribution in [-0.4, -0.2) is 68.3 Å². The van der Waals surface area contributed by atoms with E-state index in [1.54, 1.807) is 6.20 Å². The van der Waals surface area contributed by atoms with Crippen molar-refractivity contribution in [1.82, 2.24) is 19.7 Å². The molecule has 1 unspecified atom stereocenters. The van der Waals surface area contributed by atoms with Crippen molar-refractivity contribution in [3.05, 3.63) is 46.9 Å². The van der Waals surface area contributed by atoms with Crippen molar-refractivity contribution in [2.75, 3.05) is 11.1 Å². The molecule has 194 valence electrons. The van der Waals surface area contributed by atoms with Gasteiger partial charge in [-0.3, -0.25) is 4.57 Å². The summed E-state index contributed by atoms with van der Waals surface area (Å²) in [6, 6.07) is 8.26. The molecule has 5 atom stereocenters. The average Bonchev–Trinajstić information content (AvgIpc) is 3.49. The molecule has 0 amide bonds. The van der Waals surface area contributed by atoms with Gasteiger partial charge in [-0.25, -0.2) is 4.68 Å². The van der Waals surface area contributed by atoms with Crippen LogP contribution in [0.25, 0.3) is 11.0 Å². The van der Waals surface area contributed by atoms with Gasteiger partial charge >= 0.3 is 7.60 Å². The van der Waals surface area contributed by atoms with Crippen LogP contribution in [0.3, 0.4) is 0 Å². The number of anilines is 1. The molecule has 11 nitrogen and oxygen atoms in total. The second-order valence-corrected chi connectivity index (χ2v) is 13.9. The summed E-state index contributed by atoms with van der Waals surface area (Å²) in [4.78, 5) is 27.8. The molecule has 5 rings (SSSR count). The van der Waals surface area contributed by atoms with Gasteiger partial charge in [0.25, 0.3) is 0 Å². The third-order valence-electron chi connectivity index (χ3n) is 6.75. The fourth-order valence-electron chi connectivity index (χ4n) is 4.51. The standard InChI is InChI=1S/C22H27ClN5O6PS/c1-22(2,35(31,32)33)36-10-15-16(29)17(30)20(34-15)28-19-13(9-24-28)18(26-21(23)27-19)25-14-8-7-11-5-3-4-6-12(11)14/h3-6,9,14-17,20,29-30H,7-8,10H2,1-2H3,(H,25,26,27)(H2,31,32,33)/t14?,15-,16-,17-,20-/m1/s1. The van der Waals surface area contributed by atoms with E-state index in [1.165, 1.54) is 29.7 Å². The first kappa shape index (κ1) is 25.9. The van der Waals surface area contributed by atoms with Crippen molar-refractivity contribution < 1.29 is 29.3 Å². The van der Waals surface area contributed by atoms with Crippen molar-refractivity contribution in [2.24, 2.45) is 0 Å². The van der Waals surface area contributed by atoms with Gasteiger partial charge in [0, 0.05) is 5.75 Å². The highest BCUT2D eigenvalue weighted by atomic mass is 35.5. The molecule has 1 saturated heterocycles. The maximum absolute atomic E-state index is 11.7. The van der Waals surface area contributed by atoms with Gasteiger partial charge in [-0.1, -0.05) is 24.3 Å². The van der Waals surface area contributed by atoms with E-state index >= 15 is 0 Å². The Morgan fingerprint density at radius 3 is 2.75 bits per heavy atom. The quantitative estimate of drug-likeness (QED) is 0.215. The molecule has 2 aliphatic rings. The molecular formula is C22H27ClN5O6PS. The van der Waals surface area contributed by atoms with Crippen LogP contribution in [-0.2, 0) is 15.7 Å². The highest BCUT2D eigenvalue weighted by Crippen LogP contribution is 2.57. The lowest BCUT2D eigenvalue weighted by atomic mass is 10.1. The van der Waals surface area contributed by atoms with Crippen molar-refractivity contribution in [3.8, 4) is 0 Å². The second-order valence-electron chi connectivity index (χ2n) is 9.45. The lowest BCUT2D eigenvalue weighted by molar-refractivity contribution is -0.0362. The molecule has 0 bridgehead atoms. The van der Waals surface area contributed by atoms with Gasteiger partial charge in [0.15, 0.2) is 11.9 Å². The SMILES string of the molecule is CC(C)(SC[C@H]1O[C@@H](n2ncc3c(NC4CCc5ccccc54)nc(Cl)nc32)[C@H](O)[C@@H]1O)P(=O)(O)O. The average molecular weight is 556 g/mol. The highest BCUT2D eigenvalue weighted by Gasteiger charge is 2.47. The van der Waals surface area contributed by atoms with E-state index in [2.05, 4.69) is 32.5 Å². The number of ether oxygens (including phenoxy) is 1. The Kier molecular flexibility index (Phi) is 6.84. The fourth-order valence-corrected chi connectivity index (χ4v) is 6.42. The van der Waals surface area contributed by atoms with Gasteiger partial charge in [0.1, 0.15) is 22.5 Å². The number of hydrogen-bond donors (Lipinski definition) is 5. The normalized spacial score (nSPS) is 26.5. The van der Waals surface area contributed by atoms with Crippen LogP contribution in [0.2, 0.25) is 5.28 Å². The molecule has 0 spiro atoms. The Labute approximate surface area is 216 Å². The molecule has 3 aromatic rings. The number of aliphatic hydroxyl groups excluding tert-OH is 2. The van der Waals surface area contributed by atoms with Gasteiger partial charge in [-0.2, -0.15) is 15.1 Å². The zero-order chi connectivity index (χ0) is 25.8. The Hall–Kier alpha value is -1.76. The summed E-state index contributed by atoms with van der Waals surface area (Å²) in [6.07, 6.45) is -1.19. The first-order valence-corrected chi connectivity index (χ1v) is 14.4. The zero-order valence-electron chi connectivity index (χ0n) is 19.5. The number of thioether (sulfide) groups is 1. The van der Waals surface area contributed by atoms with Crippen molar-refractivity contribution >= 4 is 47.8 Å². The Morgan fingerprint density at radius 1 is 1.25 bits per heavy atom. The molecule has 0 radical (unpaired) electrons. The summed E-state index contributed by atoms with van der Waals surface area (Å²) < 4.78 is 17.6. The van der Waals surface area contributed by atoms with Crippen molar-refractivity contribution in [3.63, 3.8) is 0 Å². The summed E-state index contributed by atoms with van der Waals surface area (Å²) in [7, 11) is -4.39. The second kappa shape index (κ2) is 9.52. The monoisotopic (exact) mass is 555 g/mol. The summed E-state index contributed by atoms with van der Waals surface area (Å²) in [6.45, 7) is 2.84. The Morgan fingerprint density at radius 2 is 2.00 bits per heavy atom. The third-order valence-corrected chi connectivity index (χ3v) is 10.6. The number of fused-ring (bicyclic) bond motifs is 2. The van der Waals surface area contributed by atoms with Gasteiger partial charge < -0.3 is 30.1 Å². The first-order chi connectivity index (χ1) is 17.0. The van der Waals surface area contributed by atoms with Crippen molar-refractivity contribution in [2.45, 2.75) is 61.8 Å². The molecule has 1 aliphatic carbocycles. The minimum atomic E-state index is -4.39. The number of benzene rings is 1. The van der Waals surface area contributed by atoms with E-state index in [0.717, 1.165) is 24.6 Å². The number of halogens is 1. The van der Waals surface area contributed by atoms with Crippen molar-refractivity contribution in [1.29, 1.82) is 0 Å². The molecule has 2 aromatic heterocycles. The lowest BCUT2D eigenvalue weighted by Crippen LogP contribution is -2.33. The summed E-state index contributed by atoms with van der Waals surface area (Å²) in [5.41, 5.74) is 2.80. The van der Waals surface area contributed by atoms with Gasteiger partial charge in [0.2, 0.25) is 5.28 Å². The van der Waals surface area contributed by atoms with Gasteiger partial charge in [-0.05, 0) is 49.4 Å². The minimum Gasteiger partial charge on any atom is -0.387 e. The van der Waals surface area contributed by atoms with E-state index in [-0.39, 0.29) is 17.1 Å². The smallest absolute Gasteiger partial charge is 0.340 e.